The lowest BCUT2D eigenvalue weighted by molar-refractivity contribution is 0.594. The van der Waals surface area contributed by atoms with Crippen LogP contribution in [-0.4, -0.2) is 15.5 Å². The van der Waals surface area contributed by atoms with Crippen LogP contribution in [0.3, 0.4) is 0 Å². The maximum atomic E-state index is 12.8. The molecule has 3 aromatic rings. The summed E-state index contributed by atoms with van der Waals surface area (Å²) in [6, 6.07) is 24.2. The molecule has 1 N–H and O–H groups in total. The van der Waals surface area contributed by atoms with E-state index in [1.54, 1.807) is 43.4 Å². The third kappa shape index (κ3) is 4.06. The summed E-state index contributed by atoms with van der Waals surface area (Å²) in [7, 11) is -2.01. The Bertz CT molecular complexity index is 968. The molecule has 3 rings (SSSR count). The second kappa shape index (κ2) is 7.62. The molecule has 0 amide bonds. The van der Waals surface area contributed by atoms with Gasteiger partial charge in [0.15, 0.2) is 0 Å². The van der Waals surface area contributed by atoms with E-state index in [0.29, 0.717) is 12.2 Å². The number of hydrogen-bond acceptors (Lipinski definition) is 3. The Labute approximate surface area is 155 Å². The van der Waals surface area contributed by atoms with Crippen molar-refractivity contribution in [2.75, 3.05) is 16.7 Å². The zero-order chi connectivity index (χ0) is 18.6. The van der Waals surface area contributed by atoms with Gasteiger partial charge in [0.25, 0.3) is 10.0 Å². The van der Waals surface area contributed by atoms with Gasteiger partial charge in [0.1, 0.15) is 0 Å². The third-order valence-electron chi connectivity index (χ3n) is 4.21. The highest BCUT2D eigenvalue weighted by Gasteiger charge is 2.20. The normalized spacial score (nSPS) is 11.2. The molecule has 0 aliphatic rings. The van der Waals surface area contributed by atoms with E-state index in [4.69, 9.17) is 0 Å². The SMILES string of the molecule is Cc1cccc(CNc2ccc(S(=O)(=O)N(C)c3ccccc3)cc2)c1. The summed E-state index contributed by atoms with van der Waals surface area (Å²) >= 11 is 0. The van der Waals surface area contributed by atoms with Crippen molar-refractivity contribution in [1.82, 2.24) is 0 Å². The summed E-state index contributed by atoms with van der Waals surface area (Å²) in [5.74, 6) is 0. The second-order valence-electron chi connectivity index (χ2n) is 6.18. The Morgan fingerprint density at radius 1 is 0.885 bits per heavy atom. The molecule has 0 heterocycles. The predicted octanol–water partition coefficient (Wildman–Crippen LogP) is 4.43. The van der Waals surface area contributed by atoms with E-state index in [0.717, 1.165) is 5.69 Å². The molecule has 0 saturated carbocycles. The first kappa shape index (κ1) is 18.0. The molecule has 0 aliphatic carbocycles. The van der Waals surface area contributed by atoms with Gasteiger partial charge in [-0.05, 0) is 48.9 Å². The number of aryl methyl sites for hydroxylation is 1. The topological polar surface area (TPSA) is 49.4 Å². The standard InChI is InChI=1S/C21H22N2O2S/c1-17-7-6-8-18(15-17)16-22-19-11-13-21(14-12-19)26(24,25)23(2)20-9-4-3-5-10-20/h3-15,22H,16H2,1-2H3. The van der Waals surface area contributed by atoms with Gasteiger partial charge in [-0.25, -0.2) is 8.42 Å². The molecule has 134 valence electrons. The molecule has 4 nitrogen and oxygen atoms in total. The van der Waals surface area contributed by atoms with Crippen molar-refractivity contribution in [3.05, 3.63) is 90.0 Å². The van der Waals surface area contributed by atoms with Crippen molar-refractivity contribution in [3.63, 3.8) is 0 Å². The molecule has 0 atom stereocenters. The van der Waals surface area contributed by atoms with Crippen molar-refractivity contribution in [1.29, 1.82) is 0 Å². The maximum Gasteiger partial charge on any atom is 0.264 e. The van der Waals surface area contributed by atoms with E-state index in [1.165, 1.54) is 15.4 Å². The molecular formula is C21H22N2O2S. The molecule has 0 saturated heterocycles. The molecule has 0 aromatic heterocycles. The van der Waals surface area contributed by atoms with Gasteiger partial charge in [-0.15, -0.1) is 0 Å². The highest BCUT2D eigenvalue weighted by molar-refractivity contribution is 7.92. The van der Waals surface area contributed by atoms with Crippen LogP contribution in [0.1, 0.15) is 11.1 Å². The molecule has 0 bridgehead atoms. The number of anilines is 2. The van der Waals surface area contributed by atoms with Gasteiger partial charge in [-0.3, -0.25) is 4.31 Å². The van der Waals surface area contributed by atoms with Crippen molar-refractivity contribution in [2.24, 2.45) is 0 Å². The van der Waals surface area contributed by atoms with Crippen LogP contribution in [0.5, 0.6) is 0 Å². The van der Waals surface area contributed by atoms with E-state index in [9.17, 15) is 8.42 Å². The third-order valence-corrected chi connectivity index (χ3v) is 6.01. The Kier molecular flexibility index (Phi) is 5.28. The van der Waals surface area contributed by atoms with Gasteiger partial charge in [-0.1, -0.05) is 48.0 Å². The van der Waals surface area contributed by atoms with E-state index < -0.39 is 10.0 Å². The molecular weight excluding hydrogens is 344 g/mol. The van der Waals surface area contributed by atoms with E-state index in [2.05, 4.69) is 30.4 Å². The predicted molar refractivity (Wildman–Crippen MR) is 107 cm³/mol. The number of para-hydroxylation sites is 1. The lowest BCUT2D eigenvalue weighted by Crippen LogP contribution is -2.26. The van der Waals surface area contributed by atoms with E-state index in [1.807, 2.05) is 24.3 Å². The number of sulfonamides is 1. The van der Waals surface area contributed by atoms with Crippen molar-refractivity contribution < 1.29 is 8.42 Å². The lowest BCUT2D eigenvalue weighted by Gasteiger charge is -2.19. The quantitative estimate of drug-likeness (QED) is 0.702. The monoisotopic (exact) mass is 366 g/mol. The van der Waals surface area contributed by atoms with Gasteiger partial charge in [0.05, 0.1) is 10.6 Å². The van der Waals surface area contributed by atoms with Crippen LogP contribution in [0.2, 0.25) is 0 Å². The first-order valence-electron chi connectivity index (χ1n) is 8.40. The average molecular weight is 366 g/mol. The molecule has 0 radical (unpaired) electrons. The minimum Gasteiger partial charge on any atom is -0.381 e. The fourth-order valence-corrected chi connectivity index (χ4v) is 3.90. The summed E-state index contributed by atoms with van der Waals surface area (Å²) in [4.78, 5) is 0.268. The van der Waals surface area contributed by atoms with Crippen LogP contribution in [0.15, 0.2) is 83.8 Å². The maximum absolute atomic E-state index is 12.8. The van der Waals surface area contributed by atoms with Crippen LogP contribution in [0, 0.1) is 6.92 Å². The minimum absolute atomic E-state index is 0.268. The lowest BCUT2D eigenvalue weighted by atomic mass is 10.1. The Hall–Kier alpha value is -2.79. The van der Waals surface area contributed by atoms with Crippen molar-refractivity contribution in [2.45, 2.75) is 18.4 Å². The van der Waals surface area contributed by atoms with Crippen LogP contribution in [0.25, 0.3) is 0 Å². The van der Waals surface area contributed by atoms with E-state index in [-0.39, 0.29) is 4.90 Å². The Morgan fingerprint density at radius 3 is 2.23 bits per heavy atom. The largest absolute Gasteiger partial charge is 0.381 e. The fraction of sp³-hybridized carbons (Fsp3) is 0.143. The fourth-order valence-electron chi connectivity index (χ4n) is 2.71. The highest BCUT2D eigenvalue weighted by atomic mass is 32.2. The Balaban J connectivity index is 1.72. The van der Waals surface area contributed by atoms with Gasteiger partial charge < -0.3 is 5.32 Å². The molecule has 0 spiro atoms. The first-order valence-corrected chi connectivity index (χ1v) is 9.84. The number of hydrogen-bond donors (Lipinski definition) is 1. The zero-order valence-corrected chi connectivity index (χ0v) is 15.7. The molecule has 5 heteroatoms. The van der Waals surface area contributed by atoms with Gasteiger partial charge in [0.2, 0.25) is 0 Å². The molecule has 0 fully saturated rings. The number of nitrogens with zero attached hydrogens (tertiary/aromatic N) is 1. The summed E-state index contributed by atoms with van der Waals surface area (Å²) in [6.07, 6.45) is 0. The van der Waals surface area contributed by atoms with Crippen molar-refractivity contribution in [3.8, 4) is 0 Å². The minimum atomic E-state index is -3.58. The van der Waals surface area contributed by atoms with Gasteiger partial charge in [-0.2, -0.15) is 0 Å². The summed E-state index contributed by atoms with van der Waals surface area (Å²) in [5, 5.41) is 3.32. The zero-order valence-electron chi connectivity index (χ0n) is 14.9. The second-order valence-corrected chi connectivity index (χ2v) is 8.14. The average Bonchev–Trinajstić information content (AvgIpc) is 2.67. The molecule has 26 heavy (non-hydrogen) atoms. The summed E-state index contributed by atoms with van der Waals surface area (Å²) in [6.45, 7) is 2.75. The summed E-state index contributed by atoms with van der Waals surface area (Å²) in [5.41, 5.74) is 3.92. The van der Waals surface area contributed by atoms with Crippen molar-refractivity contribution >= 4 is 21.4 Å². The first-order chi connectivity index (χ1) is 12.5. The van der Waals surface area contributed by atoms with Crippen LogP contribution in [-0.2, 0) is 16.6 Å². The van der Waals surface area contributed by atoms with Gasteiger partial charge in [0, 0.05) is 19.3 Å². The summed E-state index contributed by atoms with van der Waals surface area (Å²) < 4.78 is 26.8. The Morgan fingerprint density at radius 2 is 1.58 bits per heavy atom. The molecule has 0 unspecified atom stereocenters. The molecule has 3 aromatic carbocycles. The van der Waals surface area contributed by atoms with Crippen LogP contribution >= 0.6 is 0 Å². The van der Waals surface area contributed by atoms with Crippen LogP contribution < -0.4 is 9.62 Å². The smallest absolute Gasteiger partial charge is 0.264 e. The van der Waals surface area contributed by atoms with Crippen LogP contribution in [0.4, 0.5) is 11.4 Å². The van der Waals surface area contributed by atoms with E-state index >= 15 is 0 Å². The highest BCUT2D eigenvalue weighted by Crippen LogP contribution is 2.23. The number of rotatable bonds is 6. The number of benzene rings is 3. The van der Waals surface area contributed by atoms with Gasteiger partial charge >= 0.3 is 0 Å². The molecule has 0 aliphatic heterocycles. The number of nitrogens with one attached hydrogen (secondary N) is 1.